The van der Waals surface area contributed by atoms with E-state index in [0.29, 0.717) is 5.56 Å². The minimum Gasteiger partial charge on any atom is -0.322 e. The highest BCUT2D eigenvalue weighted by Crippen LogP contribution is 2.30. The number of alkyl halides is 6. The van der Waals surface area contributed by atoms with Gasteiger partial charge in [0.2, 0.25) is 0 Å². The number of benzene rings is 2. The van der Waals surface area contributed by atoms with Crippen LogP contribution in [0.25, 0.3) is 0 Å². The molecule has 1 heterocycles. The normalized spacial score (nSPS) is 11.9. The lowest BCUT2D eigenvalue weighted by molar-refractivity contribution is -0.138. The van der Waals surface area contributed by atoms with E-state index in [-0.39, 0.29) is 17.8 Å². The summed E-state index contributed by atoms with van der Waals surface area (Å²) < 4.78 is 77.0. The maximum Gasteiger partial charge on any atom is 0.416 e. The van der Waals surface area contributed by atoms with Gasteiger partial charge in [-0.05, 0) is 54.1 Å². The zero-order valence-corrected chi connectivity index (χ0v) is 15.6. The molecule has 10 heteroatoms. The van der Waals surface area contributed by atoms with Gasteiger partial charge in [-0.1, -0.05) is 12.1 Å². The van der Waals surface area contributed by atoms with E-state index >= 15 is 0 Å². The predicted octanol–water partition coefficient (Wildman–Crippen LogP) is 5.19. The van der Waals surface area contributed by atoms with Crippen LogP contribution in [-0.2, 0) is 18.9 Å². The number of carbonyl (C=O) groups excluding carboxylic acids is 1. The number of amides is 1. The van der Waals surface area contributed by atoms with Crippen LogP contribution >= 0.6 is 0 Å². The lowest BCUT2D eigenvalue weighted by atomic mass is 10.1. The summed E-state index contributed by atoms with van der Waals surface area (Å²) in [5.74, 6) is -0.827. The molecule has 0 saturated carbocycles. The minimum atomic E-state index is -4.52. The van der Waals surface area contributed by atoms with Crippen molar-refractivity contribution in [2.45, 2.75) is 18.9 Å². The van der Waals surface area contributed by atoms with Gasteiger partial charge in [0.05, 0.1) is 17.7 Å². The Morgan fingerprint density at radius 1 is 0.806 bits per heavy atom. The molecule has 0 aliphatic heterocycles. The Kier molecular flexibility index (Phi) is 5.92. The first-order chi connectivity index (χ1) is 14.4. The fourth-order valence-electron chi connectivity index (χ4n) is 2.77. The zero-order valence-electron chi connectivity index (χ0n) is 15.6. The van der Waals surface area contributed by atoms with Crippen molar-refractivity contribution in [1.29, 1.82) is 0 Å². The molecular weight excluding hydrogens is 426 g/mol. The molecule has 1 aromatic heterocycles. The summed E-state index contributed by atoms with van der Waals surface area (Å²) in [7, 11) is 0. The Hall–Kier alpha value is -3.56. The number of nitrogens with zero attached hydrogens (tertiary/aromatic N) is 1. The lowest BCUT2D eigenvalue weighted by Crippen LogP contribution is -2.29. The van der Waals surface area contributed by atoms with E-state index < -0.39 is 34.9 Å². The largest absolute Gasteiger partial charge is 0.416 e. The van der Waals surface area contributed by atoms with Gasteiger partial charge in [-0.2, -0.15) is 26.3 Å². The van der Waals surface area contributed by atoms with Gasteiger partial charge in [0.1, 0.15) is 5.56 Å². The van der Waals surface area contributed by atoms with Crippen LogP contribution in [0.3, 0.4) is 0 Å². The van der Waals surface area contributed by atoms with Crippen LogP contribution in [0.1, 0.15) is 27.0 Å². The van der Waals surface area contributed by atoms with E-state index in [9.17, 15) is 35.9 Å². The highest BCUT2D eigenvalue weighted by atomic mass is 19.4. The van der Waals surface area contributed by atoms with Crippen molar-refractivity contribution in [3.05, 3.63) is 99.5 Å². The van der Waals surface area contributed by atoms with E-state index in [1.165, 1.54) is 30.5 Å². The Labute approximate surface area is 171 Å². The standard InChI is InChI=1S/C21H14F6N2O2/c22-20(23,24)14-5-3-13(4-6-14)12-29-11-1-2-17(19(29)31)18(30)28-16-9-7-15(8-10-16)21(25,26)27/h1-11H,12H2,(H,28,30). The topological polar surface area (TPSA) is 51.1 Å². The average molecular weight is 440 g/mol. The fourth-order valence-corrected chi connectivity index (χ4v) is 2.77. The molecule has 0 aliphatic rings. The molecule has 0 fully saturated rings. The first-order valence-electron chi connectivity index (χ1n) is 8.79. The quantitative estimate of drug-likeness (QED) is 0.568. The van der Waals surface area contributed by atoms with Crippen molar-refractivity contribution < 1.29 is 31.1 Å². The van der Waals surface area contributed by atoms with E-state index in [0.717, 1.165) is 41.0 Å². The summed E-state index contributed by atoms with van der Waals surface area (Å²) in [6, 6.07) is 10.6. The molecule has 0 bridgehead atoms. The number of carbonyl (C=O) groups is 1. The third-order valence-corrected chi connectivity index (χ3v) is 4.37. The highest BCUT2D eigenvalue weighted by Gasteiger charge is 2.30. The number of aromatic nitrogens is 1. The first-order valence-corrected chi connectivity index (χ1v) is 8.79. The number of pyridine rings is 1. The fraction of sp³-hybridized carbons (Fsp3) is 0.143. The Bertz CT molecular complexity index is 1130. The third-order valence-electron chi connectivity index (χ3n) is 4.37. The van der Waals surface area contributed by atoms with Crippen LogP contribution in [-0.4, -0.2) is 10.5 Å². The average Bonchev–Trinajstić information content (AvgIpc) is 2.69. The zero-order chi connectivity index (χ0) is 22.8. The second-order valence-corrected chi connectivity index (χ2v) is 6.58. The van der Waals surface area contributed by atoms with Crippen molar-refractivity contribution in [3.8, 4) is 0 Å². The molecule has 1 amide bonds. The van der Waals surface area contributed by atoms with E-state index in [1.54, 1.807) is 0 Å². The smallest absolute Gasteiger partial charge is 0.322 e. The van der Waals surface area contributed by atoms with E-state index in [2.05, 4.69) is 5.32 Å². The molecule has 0 spiro atoms. The second-order valence-electron chi connectivity index (χ2n) is 6.58. The van der Waals surface area contributed by atoms with Crippen molar-refractivity contribution >= 4 is 11.6 Å². The summed E-state index contributed by atoms with van der Waals surface area (Å²) in [6.07, 6.45) is -7.63. The number of hydrogen-bond donors (Lipinski definition) is 1. The molecule has 162 valence electrons. The van der Waals surface area contributed by atoms with Gasteiger partial charge in [-0.3, -0.25) is 9.59 Å². The first kappa shape index (κ1) is 22.1. The minimum absolute atomic E-state index is 0.0653. The summed E-state index contributed by atoms with van der Waals surface area (Å²) in [4.78, 5) is 25.0. The molecule has 3 aromatic rings. The van der Waals surface area contributed by atoms with Crippen LogP contribution in [0.2, 0.25) is 0 Å². The van der Waals surface area contributed by atoms with Gasteiger partial charge in [-0.25, -0.2) is 0 Å². The van der Waals surface area contributed by atoms with Crippen molar-refractivity contribution in [2.24, 2.45) is 0 Å². The molecule has 3 rings (SSSR count). The summed E-state index contributed by atoms with van der Waals surface area (Å²) >= 11 is 0. The summed E-state index contributed by atoms with van der Waals surface area (Å²) in [6.45, 7) is -0.0711. The van der Waals surface area contributed by atoms with Crippen LogP contribution in [0.5, 0.6) is 0 Å². The van der Waals surface area contributed by atoms with Crippen LogP contribution in [0, 0.1) is 0 Å². The van der Waals surface area contributed by atoms with Gasteiger partial charge in [-0.15, -0.1) is 0 Å². The number of anilines is 1. The number of hydrogen-bond acceptors (Lipinski definition) is 2. The highest BCUT2D eigenvalue weighted by molar-refractivity contribution is 6.03. The van der Waals surface area contributed by atoms with Crippen molar-refractivity contribution in [1.82, 2.24) is 4.57 Å². The van der Waals surface area contributed by atoms with E-state index in [4.69, 9.17) is 0 Å². The summed E-state index contributed by atoms with van der Waals surface area (Å²) in [5.41, 5.74) is -2.20. The molecule has 0 aliphatic carbocycles. The molecule has 1 N–H and O–H groups in total. The molecule has 4 nitrogen and oxygen atoms in total. The van der Waals surface area contributed by atoms with Gasteiger partial charge in [0.15, 0.2) is 0 Å². The van der Waals surface area contributed by atoms with Crippen LogP contribution in [0.4, 0.5) is 32.0 Å². The maximum absolute atomic E-state index is 12.7. The summed E-state index contributed by atoms with van der Waals surface area (Å²) in [5, 5.41) is 2.35. The second kappa shape index (κ2) is 8.29. The van der Waals surface area contributed by atoms with Crippen molar-refractivity contribution in [2.75, 3.05) is 5.32 Å². The lowest BCUT2D eigenvalue weighted by Gasteiger charge is -2.11. The Morgan fingerprint density at radius 2 is 1.32 bits per heavy atom. The van der Waals surface area contributed by atoms with Gasteiger partial charge in [0, 0.05) is 11.9 Å². The number of halogens is 6. The monoisotopic (exact) mass is 440 g/mol. The van der Waals surface area contributed by atoms with Gasteiger partial charge < -0.3 is 9.88 Å². The Balaban J connectivity index is 1.77. The predicted molar refractivity (Wildman–Crippen MR) is 101 cm³/mol. The molecule has 2 aromatic carbocycles. The van der Waals surface area contributed by atoms with Crippen LogP contribution < -0.4 is 10.9 Å². The number of nitrogens with one attached hydrogen (secondary N) is 1. The maximum atomic E-state index is 12.7. The third kappa shape index (κ3) is 5.33. The molecule has 0 unspecified atom stereocenters. The molecule has 0 atom stereocenters. The number of rotatable bonds is 4. The van der Waals surface area contributed by atoms with Gasteiger partial charge >= 0.3 is 12.4 Å². The SMILES string of the molecule is O=C(Nc1ccc(C(F)(F)F)cc1)c1cccn(Cc2ccc(C(F)(F)F)cc2)c1=O. The van der Waals surface area contributed by atoms with Crippen LogP contribution in [0.15, 0.2) is 71.7 Å². The van der Waals surface area contributed by atoms with Gasteiger partial charge in [0.25, 0.3) is 11.5 Å². The Morgan fingerprint density at radius 3 is 1.84 bits per heavy atom. The molecule has 31 heavy (non-hydrogen) atoms. The molecule has 0 saturated heterocycles. The molecule has 0 radical (unpaired) electrons. The van der Waals surface area contributed by atoms with Crippen molar-refractivity contribution in [3.63, 3.8) is 0 Å². The van der Waals surface area contributed by atoms with E-state index in [1.807, 2.05) is 0 Å². The molecular formula is C21H14F6N2O2.